The molecule has 0 spiro atoms. The quantitative estimate of drug-likeness (QED) is 0.483. The van der Waals surface area contributed by atoms with E-state index in [1.165, 1.54) is 0 Å². The van der Waals surface area contributed by atoms with Crippen LogP contribution in [0.1, 0.15) is 5.56 Å². The van der Waals surface area contributed by atoms with E-state index in [2.05, 4.69) is 14.5 Å². The zero-order valence-electron chi connectivity index (χ0n) is 8.82. The molecule has 0 aliphatic carbocycles. The van der Waals surface area contributed by atoms with Crippen LogP contribution in [0.2, 0.25) is 0 Å². The highest BCUT2D eigenvalue weighted by Crippen LogP contribution is 2.36. The van der Waals surface area contributed by atoms with Crippen molar-refractivity contribution in [3.8, 4) is 11.6 Å². The van der Waals surface area contributed by atoms with Crippen molar-refractivity contribution in [1.82, 2.24) is 4.98 Å². The van der Waals surface area contributed by atoms with E-state index in [4.69, 9.17) is 11.6 Å². The normalized spacial score (nSPS) is 11.2. The summed E-state index contributed by atoms with van der Waals surface area (Å²) in [6.45, 7) is 0. The predicted octanol–water partition coefficient (Wildman–Crippen LogP) is 2.64. The molecule has 0 N–H and O–H groups in total. The Bertz CT molecular complexity index is 466. The highest BCUT2D eigenvalue weighted by atomic mass is 35.5. The minimum atomic E-state index is -5.08. The molecule has 0 bridgehead atoms. The summed E-state index contributed by atoms with van der Waals surface area (Å²) in [6.07, 6.45) is -5.08. The fourth-order valence-corrected chi connectivity index (χ4v) is 1.30. The van der Waals surface area contributed by atoms with Gasteiger partial charge in [0.2, 0.25) is 5.75 Å². The summed E-state index contributed by atoms with van der Waals surface area (Å²) in [4.78, 5) is 12.8. The fraction of sp³-hybridized carbons (Fsp3) is 0.375. The van der Waals surface area contributed by atoms with Crippen molar-refractivity contribution >= 4 is 17.4 Å². The Hall–Kier alpha value is -1.77. The van der Waals surface area contributed by atoms with Gasteiger partial charge >= 0.3 is 18.1 Å². The summed E-state index contributed by atoms with van der Waals surface area (Å²) in [5.74, 6) is -2.80. The van der Waals surface area contributed by atoms with Gasteiger partial charge in [-0.05, 0) is 4.92 Å². The minimum Gasteiger partial charge on any atom is -0.463 e. The van der Waals surface area contributed by atoms with Crippen LogP contribution in [0.4, 0.5) is 19.0 Å². The van der Waals surface area contributed by atoms with Crippen molar-refractivity contribution in [3.05, 3.63) is 21.7 Å². The summed E-state index contributed by atoms with van der Waals surface area (Å²) < 4.78 is 44.6. The van der Waals surface area contributed by atoms with Crippen molar-refractivity contribution < 1.29 is 27.6 Å². The van der Waals surface area contributed by atoms with E-state index >= 15 is 0 Å². The van der Waals surface area contributed by atoms with E-state index in [0.717, 1.165) is 13.2 Å². The number of nitro groups is 1. The number of alkyl halides is 4. The van der Waals surface area contributed by atoms with E-state index in [9.17, 15) is 23.3 Å². The average molecular weight is 287 g/mol. The molecule has 1 aromatic heterocycles. The summed E-state index contributed by atoms with van der Waals surface area (Å²) >= 11 is 5.41. The number of hydrogen-bond donors (Lipinski definition) is 0. The van der Waals surface area contributed by atoms with Crippen molar-refractivity contribution in [2.45, 2.75) is 12.2 Å². The van der Waals surface area contributed by atoms with Crippen LogP contribution < -0.4 is 9.47 Å². The van der Waals surface area contributed by atoms with Gasteiger partial charge in [-0.15, -0.1) is 24.8 Å². The van der Waals surface area contributed by atoms with Gasteiger partial charge in [0.15, 0.2) is 0 Å². The summed E-state index contributed by atoms with van der Waals surface area (Å²) in [5, 5.41) is 10.6. The van der Waals surface area contributed by atoms with E-state index in [1.807, 2.05) is 0 Å². The number of ether oxygens (including phenoxy) is 2. The molecule has 0 saturated carbocycles. The van der Waals surface area contributed by atoms with Crippen LogP contribution >= 0.6 is 11.6 Å². The Labute approximate surface area is 103 Å². The molecule has 6 nitrogen and oxygen atoms in total. The van der Waals surface area contributed by atoms with Crippen LogP contribution in [0.3, 0.4) is 0 Å². The van der Waals surface area contributed by atoms with Gasteiger partial charge in [-0.3, -0.25) is 0 Å². The molecular weight excluding hydrogens is 281 g/mol. The van der Waals surface area contributed by atoms with Crippen LogP contribution in [0.5, 0.6) is 11.6 Å². The molecule has 10 heteroatoms. The summed E-state index contributed by atoms with van der Waals surface area (Å²) in [6, 6.07) is 1.03. The zero-order chi connectivity index (χ0) is 13.9. The molecule has 0 fully saturated rings. The van der Waals surface area contributed by atoms with Crippen LogP contribution in [0, 0.1) is 10.1 Å². The van der Waals surface area contributed by atoms with Gasteiger partial charge in [-0.1, -0.05) is 0 Å². The van der Waals surface area contributed by atoms with Gasteiger partial charge in [0.05, 0.1) is 13.0 Å². The van der Waals surface area contributed by atoms with Gasteiger partial charge in [-0.25, -0.2) is 0 Å². The van der Waals surface area contributed by atoms with E-state index < -0.39 is 28.7 Å². The zero-order valence-corrected chi connectivity index (χ0v) is 9.58. The largest absolute Gasteiger partial charge is 0.573 e. The number of rotatable bonds is 4. The Balaban J connectivity index is 3.39. The Kier molecular flexibility index (Phi) is 4.17. The van der Waals surface area contributed by atoms with Gasteiger partial charge in [0.25, 0.3) is 0 Å². The first kappa shape index (κ1) is 14.3. The van der Waals surface area contributed by atoms with Crippen LogP contribution in [0.15, 0.2) is 6.07 Å². The number of nitrogens with zero attached hydrogens (tertiary/aromatic N) is 2. The molecule has 1 aromatic rings. The minimum absolute atomic E-state index is 0.230. The van der Waals surface area contributed by atoms with Crippen molar-refractivity contribution in [1.29, 1.82) is 0 Å². The number of hydrogen-bond acceptors (Lipinski definition) is 5. The highest BCUT2D eigenvalue weighted by Gasteiger charge is 2.37. The second-order valence-corrected chi connectivity index (χ2v) is 3.18. The third-order valence-electron chi connectivity index (χ3n) is 1.75. The van der Waals surface area contributed by atoms with E-state index in [-0.39, 0.29) is 11.4 Å². The van der Waals surface area contributed by atoms with Gasteiger partial charge in [0, 0.05) is 16.6 Å². The second-order valence-electron chi connectivity index (χ2n) is 2.92. The number of halogens is 4. The number of pyridine rings is 1. The number of aromatic nitrogens is 1. The predicted molar refractivity (Wildman–Crippen MR) is 53.7 cm³/mol. The molecule has 0 aliphatic rings. The molecular formula is C8H6ClF3N2O4. The lowest BCUT2D eigenvalue weighted by Gasteiger charge is -2.11. The van der Waals surface area contributed by atoms with Crippen LogP contribution in [-0.2, 0) is 5.88 Å². The molecule has 1 rings (SSSR count). The molecule has 0 atom stereocenters. The maximum atomic E-state index is 12.1. The third kappa shape index (κ3) is 3.36. The molecule has 0 unspecified atom stereocenters. The molecule has 0 radical (unpaired) electrons. The smallest absolute Gasteiger partial charge is 0.463 e. The first-order valence-corrected chi connectivity index (χ1v) is 4.86. The maximum absolute atomic E-state index is 12.1. The first-order chi connectivity index (χ1) is 8.28. The fourth-order valence-electron chi connectivity index (χ4n) is 1.10. The molecule has 100 valence electrons. The lowest BCUT2D eigenvalue weighted by molar-refractivity contribution is -0.393. The van der Waals surface area contributed by atoms with Gasteiger partial charge in [0.1, 0.15) is 0 Å². The standard InChI is InChI=1S/C8H6ClF3N2O4/c1-17-5-2-4(3-9)6(18-8(10,11)12)7(13-5)14(15)16/h2H,3H2,1H3. The SMILES string of the molecule is COc1cc(CCl)c(OC(F)(F)F)c([N+](=O)[O-])n1. The third-order valence-corrected chi connectivity index (χ3v) is 2.04. The lowest BCUT2D eigenvalue weighted by atomic mass is 10.2. The molecule has 18 heavy (non-hydrogen) atoms. The van der Waals surface area contributed by atoms with Crippen molar-refractivity contribution in [3.63, 3.8) is 0 Å². The topological polar surface area (TPSA) is 74.5 Å². The van der Waals surface area contributed by atoms with Crippen LogP contribution in [-0.4, -0.2) is 23.4 Å². The highest BCUT2D eigenvalue weighted by molar-refractivity contribution is 6.17. The van der Waals surface area contributed by atoms with E-state index in [0.29, 0.717) is 0 Å². The van der Waals surface area contributed by atoms with E-state index in [1.54, 1.807) is 0 Å². The number of methoxy groups -OCH3 is 1. The first-order valence-electron chi connectivity index (χ1n) is 4.32. The van der Waals surface area contributed by atoms with Gasteiger partial charge < -0.3 is 19.6 Å². The monoisotopic (exact) mass is 286 g/mol. The summed E-state index contributed by atoms with van der Waals surface area (Å²) in [5.41, 5.74) is -0.243. The molecule has 0 amide bonds. The van der Waals surface area contributed by atoms with Crippen LogP contribution in [0.25, 0.3) is 0 Å². The lowest BCUT2D eigenvalue weighted by Crippen LogP contribution is -2.19. The van der Waals surface area contributed by atoms with Crippen molar-refractivity contribution in [2.75, 3.05) is 7.11 Å². The van der Waals surface area contributed by atoms with Gasteiger partial charge in [-0.2, -0.15) is 0 Å². The Morgan fingerprint density at radius 1 is 1.56 bits per heavy atom. The average Bonchev–Trinajstić information content (AvgIpc) is 2.26. The molecule has 0 aromatic carbocycles. The summed E-state index contributed by atoms with van der Waals surface area (Å²) in [7, 11) is 1.16. The van der Waals surface area contributed by atoms with Crippen molar-refractivity contribution in [2.24, 2.45) is 0 Å². The maximum Gasteiger partial charge on any atom is 0.573 e. The molecule has 1 heterocycles. The molecule has 0 aliphatic heterocycles. The Morgan fingerprint density at radius 3 is 2.56 bits per heavy atom. The molecule has 0 saturated heterocycles. The second kappa shape index (κ2) is 5.25. The Morgan fingerprint density at radius 2 is 2.17 bits per heavy atom.